The number of halogens is 1. The number of amides is 1. The molecule has 6 nitrogen and oxygen atoms in total. The molecule has 1 aliphatic carbocycles. The molecule has 0 radical (unpaired) electrons. The van der Waals surface area contributed by atoms with Gasteiger partial charge in [-0.25, -0.2) is 9.50 Å². The van der Waals surface area contributed by atoms with Gasteiger partial charge in [-0.3, -0.25) is 4.79 Å². The number of nitrogens with one attached hydrogen (secondary N) is 1. The molecule has 2 aromatic rings. The fourth-order valence-corrected chi connectivity index (χ4v) is 3.22. The molecule has 1 aliphatic heterocycles. The van der Waals surface area contributed by atoms with Crippen molar-refractivity contribution in [3.63, 3.8) is 0 Å². The van der Waals surface area contributed by atoms with Gasteiger partial charge >= 0.3 is 0 Å². The van der Waals surface area contributed by atoms with Gasteiger partial charge in [0.1, 0.15) is 5.56 Å². The zero-order valence-electron chi connectivity index (χ0n) is 13.9. The molecule has 4 rings (SSSR count). The molecule has 2 aliphatic rings. The first-order chi connectivity index (χ1) is 11.2. The summed E-state index contributed by atoms with van der Waals surface area (Å²) in [7, 11) is 0. The van der Waals surface area contributed by atoms with Gasteiger partial charge in [0.25, 0.3) is 5.91 Å². The summed E-state index contributed by atoms with van der Waals surface area (Å²) in [5.74, 6) is 0.960. The Morgan fingerprint density at radius 1 is 1.29 bits per heavy atom. The Kier molecular flexibility index (Phi) is 5.06. The highest BCUT2D eigenvalue weighted by Gasteiger charge is 2.27. The number of carbonyl (C=O) groups is 1. The Balaban J connectivity index is 0.00000169. The minimum absolute atomic E-state index is 0. The molecular weight excluding hydrogens is 326 g/mol. The van der Waals surface area contributed by atoms with Crippen LogP contribution in [0.2, 0.25) is 0 Å². The molecule has 2 fully saturated rings. The van der Waals surface area contributed by atoms with Gasteiger partial charge in [-0.2, -0.15) is 5.10 Å². The molecular formula is C17H24ClN5O. The molecule has 130 valence electrons. The van der Waals surface area contributed by atoms with Crippen LogP contribution in [0.25, 0.3) is 5.65 Å². The van der Waals surface area contributed by atoms with Crippen LogP contribution < -0.4 is 5.32 Å². The zero-order chi connectivity index (χ0) is 15.8. The van der Waals surface area contributed by atoms with Crippen LogP contribution in [0.15, 0.2) is 18.5 Å². The maximum Gasteiger partial charge on any atom is 0.259 e. The first kappa shape index (κ1) is 17.2. The lowest BCUT2D eigenvalue weighted by Gasteiger charge is -2.32. The van der Waals surface area contributed by atoms with Gasteiger partial charge in [-0.1, -0.05) is 0 Å². The molecule has 0 unspecified atom stereocenters. The number of fused-ring (bicyclic) bond motifs is 1. The first-order valence-electron chi connectivity index (χ1n) is 8.54. The van der Waals surface area contributed by atoms with Gasteiger partial charge in [-0.15, -0.1) is 12.4 Å². The van der Waals surface area contributed by atoms with Crippen molar-refractivity contribution in [1.29, 1.82) is 0 Å². The number of carbonyl (C=O) groups excluding carboxylic acids is 1. The number of piperidine rings is 1. The number of hydrogen-bond acceptors (Lipinski definition) is 4. The van der Waals surface area contributed by atoms with Crippen molar-refractivity contribution in [2.75, 3.05) is 19.6 Å². The van der Waals surface area contributed by atoms with Gasteiger partial charge in [-0.05, 0) is 51.1 Å². The van der Waals surface area contributed by atoms with E-state index in [1.54, 1.807) is 10.7 Å². The summed E-state index contributed by atoms with van der Waals surface area (Å²) in [6.45, 7) is 4.70. The van der Waals surface area contributed by atoms with E-state index in [9.17, 15) is 4.79 Å². The van der Waals surface area contributed by atoms with E-state index in [1.165, 1.54) is 12.8 Å². The summed E-state index contributed by atoms with van der Waals surface area (Å²) in [6, 6.07) is 2.45. The Hall–Kier alpha value is -1.66. The summed E-state index contributed by atoms with van der Waals surface area (Å²) < 4.78 is 1.67. The predicted molar refractivity (Wildman–Crippen MR) is 94.6 cm³/mol. The Morgan fingerprint density at radius 2 is 2.04 bits per heavy atom. The summed E-state index contributed by atoms with van der Waals surface area (Å²) >= 11 is 0. The number of hydrogen-bond donors (Lipinski definition) is 1. The highest BCUT2D eigenvalue weighted by atomic mass is 35.5. The molecule has 1 N–H and O–H groups in total. The van der Waals surface area contributed by atoms with Crippen LogP contribution in [0.5, 0.6) is 0 Å². The smallest absolute Gasteiger partial charge is 0.259 e. The van der Waals surface area contributed by atoms with Crippen molar-refractivity contribution in [2.45, 2.75) is 38.6 Å². The van der Waals surface area contributed by atoms with Crippen LogP contribution >= 0.6 is 12.4 Å². The number of aromatic nitrogens is 3. The first-order valence-corrected chi connectivity index (χ1v) is 8.54. The maximum atomic E-state index is 12.8. The largest absolute Gasteiger partial charge is 0.338 e. The fraction of sp³-hybridized carbons (Fsp3) is 0.588. The van der Waals surface area contributed by atoms with E-state index in [1.807, 2.05) is 24.1 Å². The van der Waals surface area contributed by atoms with E-state index >= 15 is 0 Å². The van der Waals surface area contributed by atoms with E-state index < -0.39 is 0 Å². The third-order valence-corrected chi connectivity index (χ3v) is 4.91. The molecule has 2 aromatic heterocycles. The summed E-state index contributed by atoms with van der Waals surface area (Å²) in [5, 5.41) is 7.89. The lowest BCUT2D eigenvalue weighted by molar-refractivity contribution is 0.0706. The van der Waals surface area contributed by atoms with E-state index in [0.29, 0.717) is 17.3 Å². The molecule has 24 heavy (non-hydrogen) atoms. The highest BCUT2D eigenvalue weighted by molar-refractivity contribution is 5.99. The second kappa shape index (κ2) is 7.07. The van der Waals surface area contributed by atoms with Crippen molar-refractivity contribution < 1.29 is 4.79 Å². The average molecular weight is 350 g/mol. The number of likely N-dealkylation sites (tertiary alicyclic amines) is 1. The minimum atomic E-state index is 0. The van der Waals surface area contributed by atoms with Crippen molar-refractivity contribution in [2.24, 2.45) is 5.92 Å². The maximum absolute atomic E-state index is 12.8. The predicted octanol–water partition coefficient (Wildman–Crippen LogP) is 2.06. The summed E-state index contributed by atoms with van der Waals surface area (Å²) in [6.07, 6.45) is 8.31. The average Bonchev–Trinajstić information content (AvgIpc) is 3.31. The van der Waals surface area contributed by atoms with Gasteiger partial charge in [0.15, 0.2) is 5.65 Å². The third kappa shape index (κ3) is 3.54. The molecule has 1 saturated heterocycles. The summed E-state index contributed by atoms with van der Waals surface area (Å²) in [4.78, 5) is 19.2. The third-order valence-electron chi connectivity index (χ3n) is 4.91. The second-order valence-corrected chi connectivity index (χ2v) is 6.81. The van der Waals surface area contributed by atoms with Crippen molar-refractivity contribution in [1.82, 2.24) is 24.8 Å². The van der Waals surface area contributed by atoms with Crippen LogP contribution in [0.4, 0.5) is 0 Å². The quantitative estimate of drug-likeness (QED) is 0.917. The van der Waals surface area contributed by atoms with Gasteiger partial charge in [0.05, 0.1) is 6.20 Å². The molecule has 1 amide bonds. The summed E-state index contributed by atoms with van der Waals surface area (Å²) in [5.41, 5.74) is 2.16. The van der Waals surface area contributed by atoms with Gasteiger partial charge in [0.2, 0.25) is 0 Å². The van der Waals surface area contributed by atoms with E-state index in [4.69, 9.17) is 0 Å². The Bertz CT molecular complexity index is 719. The molecule has 0 aromatic carbocycles. The van der Waals surface area contributed by atoms with E-state index in [2.05, 4.69) is 15.4 Å². The molecule has 0 atom stereocenters. The van der Waals surface area contributed by atoms with Crippen molar-refractivity contribution in [3.05, 3.63) is 29.7 Å². The molecule has 0 spiro atoms. The number of rotatable bonds is 4. The van der Waals surface area contributed by atoms with Gasteiger partial charge in [0, 0.05) is 31.0 Å². The van der Waals surface area contributed by atoms with Crippen LogP contribution in [-0.2, 0) is 0 Å². The SMILES string of the molecule is Cc1ccn2ncc(C(=O)N3CCC(NCC4CC4)CC3)c2n1.Cl. The Morgan fingerprint density at radius 3 is 2.75 bits per heavy atom. The van der Waals surface area contributed by atoms with Gasteiger partial charge < -0.3 is 10.2 Å². The fourth-order valence-electron chi connectivity index (χ4n) is 3.22. The lowest BCUT2D eigenvalue weighted by Crippen LogP contribution is -2.45. The van der Waals surface area contributed by atoms with Crippen molar-refractivity contribution in [3.8, 4) is 0 Å². The highest BCUT2D eigenvalue weighted by Crippen LogP contribution is 2.28. The monoisotopic (exact) mass is 349 g/mol. The minimum Gasteiger partial charge on any atom is -0.338 e. The van der Waals surface area contributed by atoms with Crippen molar-refractivity contribution >= 4 is 24.0 Å². The standard InChI is InChI=1S/C17H23N5O.ClH/c1-12-4-9-22-16(20-12)15(11-19-22)17(23)21-7-5-14(6-8-21)18-10-13-2-3-13;/h4,9,11,13-14,18H,2-3,5-8,10H2,1H3;1H. The van der Waals surface area contributed by atoms with Crippen LogP contribution in [0, 0.1) is 12.8 Å². The molecule has 1 saturated carbocycles. The molecule has 7 heteroatoms. The van der Waals surface area contributed by atoms with E-state index in [0.717, 1.165) is 44.1 Å². The zero-order valence-corrected chi connectivity index (χ0v) is 14.8. The van der Waals surface area contributed by atoms with Crippen LogP contribution in [-0.4, -0.2) is 51.1 Å². The van der Waals surface area contributed by atoms with Crippen LogP contribution in [0.1, 0.15) is 41.7 Å². The number of nitrogens with zero attached hydrogens (tertiary/aromatic N) is 4. The Labute approximate surface area is 148 Å². The molecule has 3 heterocycles. The number of aryl methyl sites for hydroxylation is 1. The van der Waals surface area contributed by atoms with Crippen LogP contribution in [0.3, 0.4) is 0 Å². The normalized spacial score (nSPS) is 18.6. The lowest BCUT2D eigenvalue weighted by atomic mass is 10.0. The topological polar surface area (TPSA) is 62.5 Å². The molecule has 0 bridgehead atoms. The van der Waals surface area contributed by atoms with E-state index in [-0.39, 0.29) is 18.3 Å². The second-order valence-electron chi connectivity index (χ2n) is 6.81.